The van der Waals surface area contributed by atoms with Gasteiger partial charge < -0.3 is 15.0 Å². The number of benzene rings is 2. The second kappa shape index (κ2) is 9.59. The Morgan fingerprint density at radius 1 is 1.33 bits per heavy atom. The van der Waals surface area contributed by atoms with Gasteiger partial charge in [-0.3, -0.25) is 9.36 Å². The highest BCUT2D eigenvalue weighted by atomic mass is 79.9. The van der Waals surface area contributed by atoms with E-state index in [0.717, 1.165) is 4.47 Å². The lowest BCUT2D eigenvalue weighted by Gasteiger charge is -2.30. The van der Waals surface area contributed by atoms with Crippen molar-refractivity contribution >= 4 is 50.2 Å². The number of urea groups is 1. The number of halogens is 2. The molecule has 1 heterocycles. The first-order valence-corrected chi connectivity index (χ1v) is 10.5. The van der Waals surface area contributed by atoms with Crippen LogP contribution in [0.15, 0.2) is 51.7 Å². The van der Waals surface area contributed by atoms with Crippen LogP contribution in [-0.4, -0.2) is 40.7 Å². The quantitative estimate of drug-likeness (QED) is 0.545. The van der Waals surface area contributed by atoms with E-state index in [0.29, 0.717) is 40.6 Å². The lowest BCUT2D eigenvalue weighted by molar-refractivity contribution is 0.136. The van der Waals surface area contributed by atoms with Crippen LogP contribution >= 0.6 is 27.5 Å². The Morgan fingerprint density at radius 2 is 2.07 bits per heavy atom. The van der Waals surface area contributed by atoms with Gasteiger partial charge in [0.25, 0.3) is 5.56 Å². The minimum absolute atomic E-state index is 0.220. The number of nitrogens with one attached hydrogen (secondary N) is 1. The molecular formula is C21H22BrClN4O3. The number of rotatable bonds is 6. The van der Waals surface area contributed by atoms with Gasteiger partial charge in [0.2, 0.25) is 0 Å². The van der Waals surface area contributed by atoms with Gasteiger partial charge in [-0.05, 0) is 53.2 Å². The van der Waals surface area contributed by atoms with Crippen LogP contribution in [0.4, 0.5) is 10.5 Å². The number of hydrogen-bond acceptors (Lipinski definition) is 4. The summed E-state index contributed by atoms with van der Waals surface area (Å²) in [5, 5.41) is 3.80. The molecule has 0 bridgehead atoms. The van der Waals surface area contributed by atoms with Gasteiger partial charge in [-0.25, -0.2) is 9.78 Å². The Balaban J connectivity index is 1.99. The van der Waals surface area contributed by atoms with Crippen LogP contribution in [-0.2, 0) is 11.8 Å². The topological polar surface area (TPSA) is 76.5 Å². The molecule has 1 atom stereocenters. The van der Waals surface area contributed by atoms with Crippen LogP contribution in [0, 0.1) is 0 Å². The van der Waals surface area contributed by atoms with Crippen molar-refractivity contribution in [1.82, 2.24) is 14.5 Å². The van der Waals surface area contributed by atoms with Gasteiger partial charge in [0.05, 0.1) is 29.2 Å². The van der Waals surface area contributed by atoms with Gasteiger partial charge in [-0.15, -0.1) is 0 Å². The summed E-state index contributed by atoms with van der Waals surface area (Å²) in [6.45, 7) is 2.49. The first-order chi connectivity index (χ1) is 14.3. The van der Waals surface area contributed by atoms with E-state index in [4.69, 9.17) is 16.3 Å². The van der Waals surface area contributed by atoms with E-state index in [9.17, 15) is 9.59 Å². The average molecular weight is 494 g/mol. The van der Waals surface area contributed by atoms with E-state index in [-0.39, 0.29) is 11.6 Å². The number of aromatic nitrogens is 2. The minimum atomic E-state index is -0.486. The summed E-state index contributed by atoms with van der Waals surface area (Å²) in [6.07, 6.45) is 0. The average Bonchev–Trinajstić information content (AvgIpc) is 2.73. The number of nitrogens with zero attached hydrogens (tertiary/aromatic N) is 3. The molecule has 0 spiro atoms. The van der Waals surface area contributed by atoms with Crippen LogP contribution in [0.1, 0.15) is 18.8 Å². The summed E-state index contributed by atoms with van der Waals surface area (Å²) in [5.41, 5.74) is 0.955. The molecule has 1 unspecified atom stereocenters. The van der Waals surface area contributed by atoms with Gasteiger partial charge in [0.15, 0.2) is 0 Å². The molecule has 2 aromatic carbocycles. The predicted octanol–water partition coefficient (Wildman–Crippen LogP) is 4.59. The molecule has 7 nitrogen and oxygen atoms in total. The van der Waals surface area contributed by atoms with Crippen molar-refractivity contribution in [3.63, 3.8) is 0 Å². The third kappa shape index (κ3) is 4.66. The van der Waals surface area contributed by atoms with Crippen LogP contribution < -0.4 is 10.9 Å². The molecule has 0 fully saturated rings. The monoisotopic (exact) mass is 492 g/mol. The molecule has 0 aliphatic carbocycles. The van der Waals surface area contributed by atoms with Crippen LogP contribution in [0.25, 0.3) is 10.9 Å². The van der Waals surface area contributed by atoms with Crippen molar-refractivity contribution in [1.29, 1.82) is 0 Å². The normalized spacial score (nSPS) is 12.0. The van der Waals surface area contributed by atoms with E-state index in [1.54, 1.807) is 43.3 Å². The fourth-order valence-electron chi connectivity index (χ4n) is 3.18. The number of ether oxygens (including phenoxy) is 1. The molecule has 0 aliphatic rings. The van der Waals surface area contributed by atoms with Gasteiger partial charge in [0.1, 0.15) is 5.82 Å². The van der Waals surface area contributed by atoms with Gasteiger partial charge >= 0.3 is 6.03 Å². The highest BCUT2D eigenvalue weighted by Gasteiger charge is 2.26. The van der Waals surface area contributed by atoms with Crippen molar-refractivity contribution in [2.45, 2.75) is 13.0 Å². The van der Waals surface area contributed by atoms with E-state index in [1.165, 1.54) is 4.57 Å². The maximum Gasteiger partial charge on any atom is 0.322 e. The summed E-state index contributed by atoms with van der Waals surface area (Å²) in [7, 11) is 3.21. The van der Waals surface area contributed by atoms with E-state index in [1.807, 2.05) is 25.1 Å². The third-order valence-corrected chi connectivity index (χ3v) is 5.75. The Kier molecular flexibility index (Phi) is 7.12. The summed E-state index contributed by atoms with van der Waals surface area (Å²) in [5.74, 6) is 0.466. The van der Waals surface area contributed by atoms with Crippen LogP contribution in [0.3, 0.4) is 0 Å². The molecule has 9 heteroatoms. The van der Waals surface area contributed by atoms with Gasteiger partial charge in [-0.1, -0.05) is 23.7 Å². The number of amides is 2. The maximum atomic E-state index is 13.1. The zero-order valence-corrected chi connectivity index (χ0v) is 19.2. The number of methoxy groups -OCH3 is 1. The Labute approximate surface area is 187 Å². The SMILES string of the molecule is COCCN(C(=O)Nc1ccccc1Br)C(C)c1nc2ccc(Cl)cc2c(=O)n1C. The van der Waals surface area contributed by atoms with Crippen LogP contribution in [0.2, 0.25) is 5.02 Å². The second-order valence-electron chi connectivity index (χ2n) is 6.77. The van der Waals surface area contributed by atoms with Crippen molar-refractivity contribution in [3.8, 4) is 0 Å². The fourth-order valence-corrected chi connectivity index (χ4v) is 3.74. The molecule has 30 heavy (non-hydrogen) atoms. The van der Waals surface area contributed by atoms with E-state index < -0.39 is 6.04 Å². The molecule has 1 aromatic heterocycles. The van der Waals surface area contributed by atoms with Gasteiger partial charge in [0, 0.05) is 30.2 Å². The minimum Gasteiger partial charge on any atom is -0.383 e. The summed E-state index contributed by atoms with van der Waals surface area (Å²) >= 11 is 9.47. The Morgan fingerprint density at radius 3 is 2.77 bits per heavy atom. The first kappa shape index (κ1) is 22.3. The lowest BCUT2D eigenvalue weighted by Crippen LogP contribution is -2.41. The van der Waals surface area contributed by atoms with Crippen LogP contribution in [0.5, 0.6) is 0 Å². The second-order valence-corrected chi connectivity index (χ2v) is 8.06. The molecule has 3 rings (SSSR count). The van der Waals surface area contributed by atoms with E-state index in [2.05, 4.69) is 26.2 Å². The molecule has 158 valence electrons. The smallest absolute Gasteiger partial charge is 0.322 e. The molecular weight excluding hydrogens is 472 g/mol. The molecule has 0 radical (unpaired) electrons. The zero-order valence-electron chi connectivity index (χ0n) is 16.9. The maximum absolute atomic E-state index is 13.1. The Hall–Kier alpha value is -2.42. The Bertz CT molecular complexity index is 1130. The fraction of sp³-hybridized carbons (Fsp3) is 0.286. The zero-order chi connectivity index (χ0) is 21.8. The molecule has 0 aliphatic heterocycles. The lowest BCUT2D eigenvalue weighted by atomic mass is 10.2. The largest absolute Gasteiger partial charge is 0.383 e. The number of fused-ring (bicyclic) bond motifs is 1. The number of carbonyl (C=O) groups is 1. The molecule has 3 aromatic rings. The van der Waals surface area contributed by atoms with Crippen molar-refractivity contribution in [3.05, 3.63) is 68.1 Å². The van der Waals surface area contributed by atoms with Crippen molar-refractivity contribution in [2.24, 2.45) is 7.05 Å². The highest BCUT2D eigenvalue weighted by Crippen LogP contribution is 2.25. The highest BCUT2D eigenvalue weighted by molar-refractivity contribution is 9.10. The number of anilines is 1. The molecule has 1 N–H and O–H groups in total. The summed E-state index contributed by atoms with van der Waals surface area (Å²) in [6, 6.07) is 11.5. The number of carbonyl (C=O) groups excluding carboxylic acids is 1. The van der Waals surface area contributed by atoms with Crippen molar-refractivity contribution < 1.29 is 9.53 Å². The molecule has 0 saturated carbocycles. The first-order valence-electron chi connectivity index (χ1n) is 9.30. The summed E-state index contributed by atoms with van der Waals surface area (Å²) < 4.78 is 7.41. The third-order valence-electron chi connectivity index (χ3n) is 4.83. The standard InChI is InChI=1S/C21H22BrClN4O3/c1-13(19-24-17-9-8-14(23)12-15(17)20(28)26(19)2)27(10-11-30-3)21(29)25-18-7-5-4-6-16(18)22/h4-9,12-13H,10-11H2,1-3H3,(H,25,29). The number of hydrogen-bond donors (Lipinski definition) is 1. The molecule has 2 amide bonds. The van der Waals surface area contributed by atoms with E-state index >= 15 is 0 Å². The predicted molar refractivity (Wildman–Crippen MR) is 122 cm³/mol. The summed E-state index contributed by atoms with van der Waals surface area (Å²) in [4.78, 5) is 32.2. The molecule has 0 saturated heterocycles. The van der Waals surface area contributed by atoms with Crippen molar-refractivity contribution in [2.75, 3.05) is 25.6 Å². The number of para-hydroxylation sites is 1. The van der Waals surface area contributed by atoms with Gasteiger partial charge in [-0.2, -0.15) is 0 Å².